The summed E-state index contributed by atoms with van der Waals surface area (Å²) in [5, 5.41) is 12.9. The third kappa shape index (κ3) is 3.01. The van der Waals surface area contributed by atoms with Crippen LogP contribution in [0.2, 0.25) is 0 Å². The van der Waals surface area contributed by atoms with E-state index in [0.29, 0.717) is 4.88 Å². The minimum Gasteiger partial charge on any atom is -0.478 e. The predicted octanol–water partition coefficient (Wildman–Crippen LogP) is 2.22. The van der Waals surface area contributed by atoms with E-state index < -0.39 is 23.7 Å². The first-order chi connectivity index (χ1) is 9.49. The number of anilines is 1. The van der Waals surface area contributed by atoms with Crippen LogP contribution in [0.15, 0.2) is 35.7 Å². The van der Waals surface area contributed by atoms with Crippen molar-refractivity contribution >= 4 is 28.9 Å². The maximum Gasteiger partial charge on any atom is 0.335 e. The first kappa shape index (κ1) is 14.2. The fourth-order valence-corrected chi connectivity index (χ4v) is 2.29. The molecular weight excluding hydrogens is 283 g/mol. The number of amides is 1. The molecule has 0 fully saturated rings. The van der Waals surface area contributed by atoms with E-state index in [1.807, 2.05) is 0 Å². The third-order valence-corrected chi connectivity index (χ3v) is 3.56. The number of hydrogen-bond donors (Lipinski definition) is 3. The van der Waals surface area contributed by atoms with Gasteiger partial charge in [0.2, 0.25) is 5.91 Å². The van der Waals surface area contributed by atoms with Gasteiger partial charge in [0, 0.05) is 4.88 Å². The van der Waals surface area contributed by atoms with E-state index in [1.165, 1.54) is 11.3 Å². The molecule has 1 unspecified atom stereocenters. The second-order valence-corrected chi connectivity index (χ2v) is 4.96. The van der Waals surface area contributed by atoms with Crippen LogP contribution < -0.4 is 11.1 Å². The van der Waals surface area contributed by atoms with Crippen molar-refractivity contribution < 1.29 is 19.1 Å². The zero-order valence-electron chi connectivity index (χ0n) is 10.2. The minimum absolute atomic E-state index is 0.119. The zero-order chi connectivity index (χ0) is 14.7. The Labute approximate surface area is 117 Å². The first-order valence-electron chi connectivity index (χ1n) is 5.61. The van der Waals surface area contributed by atoms with Gasteiger partial charge in [0.05, 0.1) is 11.3 Å². The number of benzene rings is 1. The fourth-order valence-electron chi connectivity index (χ4n) is 1.56. The molecule has 104 valence electrons. The maximum absolute atomic E-state index is 13.6. The summed E-state index contributed by atoms with van der Waals surface area (Å²) in [6.45, 7) is 0. The number of carboxylic acid groups (broad SMARTS) is 1. The summed E-state index contributed by atoms with van der Waals surface area (Å²) in [6.07, 6.45) is 0. The van der Waals surface area contributed by atoms with E-state index in [0.717, 1.165) is 18.2 Å². The molecule has 1 aromatic carbocycles. The van der Waals surface area contributed by atoms with Crippen LogP contribution in [0, 0.1) is 5.82 Å². The average Bonchev–Trinajstić information content (AvgIpc) is 2.94. The molecule has 2 rings (SSSR count). The van der Waals surface area contributed by atoms with E-state index in [4.69, 9.17) is 10.8 Å². The van der Waals surface area contributed by atoms with Gasteiger partial charge < -0.3 is 16.2 Å². The smallest absolute Gasteiger partial charge is 0.335 e. The van der Waals surface area contributed by atoms with Gasteiger partial charge in [0.25, 0.3) is 0 Å². The van der Waals surface area contributed by atoms with Crippen LogP contribution in [-0.2, 0) is 4.79 Å². The number of rotatable bonds is 4. The van der Waals surface area contributed by atoms with E-state index >= 15 is 0 Å². The van der Waals surface area contributed by atoms with Crippen molar-refractivity contribution in [3.05, 3.63) is 52.0 Å². The van der Waals surface area contributed by atoms with E-state index in [-0.39, 0.29) is 11.3 Å². The van der Waals surface area contributed by atoms with Crippen LogP contribution in [-0.4, -0.2) is 17.0 Å². The lowest BCUT2D eigenvalue weighted by Gasteiger charge is -2.11. The summed E-state index contributed by atoms with van der Waals surface area (Å²) >= 11 is 1.31. The molecule has 7 heteroatoms. The second-order valence-electron chi connectivity index (χ2n) is 3.98. The van der Waals surface area contributed by atoms with E-state index in [2.05, 4.69) is 5.32 Å². The van der Waals surface area contributed by atoms with Gasteiger partial charge in [0.15, 0.2) is 0 Å². The second kappa shape index (κ2) is 5.81. The predicted molar refractivity (Wildman–Crippen MR) is 73.2 cm³/mol. The largest absolute Gasteiger partial charge is 0.478 e. The Morgan fingerprint density at radius 1 is 1.35 bits per heavy atom. The van der Waals surface area contributed by atoms with Crippen LogP contribution in [0.3, 0.4) is 0 Å². The quantitative estimate of drug-likeness (QED) is 0.806. The van der Waals surface area contributed by atoms with E-state index in [1.54, 1.807) is 17.5 Å². The lowest BCUT2D eigenvalue weighted by atomic mass is 10.1. The number of aromatic carboxylic acids is 1. The normalized spacial score (nSPS) is 11.9. The number of carbonyl (C=O) groups excluding carboxylic acids is 1. The molecule has 2 aromatic rings. The van der Waals surface area contributed by atoms with Crippen LogP contribution in [0.1, 0.15) is 21.3 Å². The standard InChI is InChI=1S/C13H11FN2O3S/c14-8-4-3-7(13(18)19)6-9(8)16-12(17)11(15)10-2-1-5-20-10/h1-6,11H,15H2,(H,16,17)(H,18,19). The summed E-state index contributed by atoms with van der Waals surface area (Å²) in [6, 6.07) is 5.67. The number of halogens is 1. The summed E-state index contributed by atoms with van der Waals surface area (Å²) in [5.74, 6) is -2.53. The fraction of sp³-hybridized carbons (Fsp3) is 0.0769. The summed E-state index contributed by atoms with van der Waals surface area (Å²) in [7, 11) is 0. The van der Waals surface area contributed by atoms with Gasteiger partial charge in [-0.1, -0.05) is 6.07 Å². The Balaban J connectivity index is 2.19. The van der Waals surface area contributed by atoms with Crippen molar-refractivity contribution in [1.82, 2.24) is 0 Å². The molecule has 4 N–H and O–H groups in total. The van der Waals surface area contributed by atoms with Gasteiger partial charge in [0.1, 0.15) is 11.9 Å². The molecule has 0 bridgehead atoms. The zero-order valence-corrected chi connectivity index (χ0v) is 11.0. The topological polar surface area (TPSA) is 92.4 Å². The van der Waals surface area contributed by atoms with Gasteiger partial charge in [-0.3, -0.25) is 4.79 Å². The monoisotopic (exact) mass is 294 g/mol. The molecule has 0 aliphatic rings. The molecule has 0 spiro atoms. The first-order valence-corrected chi connectivity index (χ1v) is 6.49. The Hall–Kier alpha value is -2.25. The lowest BCUT2D eigenvalue weighted by molar-refractivity contribution is -0.117. The molecule has 0 aliphatic heterocycles. The number of thiophene rings is 1. The highest BCUT2D eigenvalue weighted by Gasteiger charge is 2.18. The molecule has 1 heterocycles. The van der Waals surface area contributed by atoms with Crippen molar-refractivity contribution in [3.63, 3.8) is 0 Å². The number of nitrogens with two attached hydrogens (primary N) is 1. The van der Waals surface area contributed by atoms with Crippen molar-refractivity contribution in [2.45, 2.75) is 6.04 Å². The van der Waals surface area contributed by atoms with Crippen LogP contribution in [0.5, 0.6) is 0 Å². The van der Waals surface area contributed by atoms with Gasteiger partial charge in [-0.15, -0.1) is 11.3 Å². The Morgan fingerprint density at radius 3 is 2.70 bits per heavy atom. The third-order valence-electron chi connectivity index (χ3n) is 2.60. The molecule has 0 aliphatic carbocycles. The van der Waals surface area contributed by atoms with Crippen molar-refractivity contribution in [1.29, 1.82) is 0 Å². The van der Waals surface area contributed by atoms with Gasteiger partial charge in [-0.05, 0) is 29.6 Å². The van der Waals surface area contributed by atoms with Crippen LogP contribution >= 0.6 is 11.3 Å². The molecule has 1 aromatic heterocycles. The summed E-state index contributed by atoms with van der Waals surface area (Å²) in [4.78, 5) is 23.3. The summed E-state index contributed by atoms with van der Waals surface area (Å²) in [5.41, 5.74) is 5.41. The van der Waals surface area contributed by atoms with Crippen LogP contribution in [0.25, 0.3) is 0 Å². The summed E-state index contributed by atoms with van der Waals surface area (Å²) < 4.78 is 13.6. The highest BCUT2D eigenvalue weighted by molar-refractivity contribution is 7.10. The van der Waals surface area contributed by atoms with Gasteiger partial charge >= 0.3 is 5.97 Å². The highest BCUT2D eigenvalue weighted by atomic mass is 32.1. The lowest BCUT2D eigenvalue weighted by Crippen LogP contribution is -2.27. The number of nitrogens with one attached hydrogen (secondary N) is 1. The molecule has 1 atom stereocenters. The minimum atomic E-state index is -1.21. The van der Waals surface area contributed by atoms with Crippen molar-refractivity contribution in [3.8, 4) is 0 Å². The molecule has 0 saturated carbocycles. The number of carboxylic acids is 1. The molecule has 20 heavy (non-hydrogen) atoms. The number of hydrogen-bond acceptors (Lipinski definition) is 4. The maximum atomic E-state index is 13.6. The van der Waals surface area contributed by atoms with Crippen molar-refractivity contribution in [2.75, 3.05) is 5.32 Å². The molecular formula is C13H11FN2O3S. The molecule has 1 amide bonds. The Bertz CT molecular complexity index is 643. The van der Waals surface area contributed by atoms with Crippen molar-refractivity contribution in [2.24, 2.45) is 5.73 Å². The average molecular weight is 294 g/mol. The number of carbonyl (C=O) groups is 2. The van der Waals surface area contributed by atoms with Gasteiger partial charge in [-0.2, -0.15) is 0 Å². The molecule has 0 saturated heterocycles. The van der Waals surface area contributed by atoms with Crippen LogP contribution in [0.4, 0.5) is 10.1 Å². The van der Waals surface area contributed by atoms with Gasteiger partial charge in [-0.25, -0.2) is 9.18 Å². The van der Waals surface area contributed by atoms with E-state index in [9.17, 15) is 14.0 Å². The molecule has 0 radical (unpaired) electrons. The SMILES string of the molecule is NC(C(=O)Nc1cc(C(=O)O)ccc1F)c1cccs1. The highest BCUT2D eigenvalue weighted by Crippen LogP contribution is 2.21. The Kier molecular flexibility index (Phi) is 4.11. The Morgan fingerprint density at radius 2 is 2.10 bits per heavy atom. The molecule has 5 nitrogen and oxygen atoms in total.